The summed E-state index contributed by atoms with van der Waals surface area (Å²) in [5, 5.41) is 3.20. The first kappa shape index (κ1) is 16.2. The molecular weight excluding hydrogens is 300 g/mol. The molecule has 0 aromatic heterocycles. The van der Waals surface area contributed by atoms with Crippen LogP contribution in [-0.4, -0.2) is 28.5 Å². The van der Waals surface area contributed by atoms with Gasteiger partial charge in [-0.25, -0.2) is 4.79 Å². The van der Waals surface area contributed by atoms with Crippen molar-refractivity contribution in [2.75, 3.05) is 6.61 Å². The molecule has 5 nitrogen and oxygen atoms in total. The van der Waals surface area contributed by atoms with Crippen molar-refractivity contribution in [3.05, 3.63) is 47.2 Å². The van der Waals surface area contributed by atoms with E-state index in [0.717, 1.165) is 5.56 Å². The summed E-state index contributed by atoms with van der Waals surface area (Å²) in [4.78, 5) is 25.8. The Balaban J connectivity index is 2.60. The Morgan fingerprint density at radius 2 is 1.95 bits per heavy atom. The van der Waals surface area contributed by atoms with Gasteiger partial charge in [-0.05, 0) is 31.6 Å². The van der Waals surface area contributed by atoms with Crippen LogP contribution in [0.15, 0.2) is 41.6 Å². The number of amides is 1. The molecule has 0 fully saturated rings. The Kier molecular flexibility index (Phi) is 4.92. The molecule has 1 aromatic rings. The molecule has 1 aliphatic rings. The normalized spacial score (nSPS) is 18.0. The van der Waals surface area contributed by atoms with Crippen LogP contribution in [-0.2, 0) is 14.3 Å². The number of hydrogen-bond acceptors (Lipinski definition) is 4. The monoisotopic (exact) mass is 318 g/mol. The molecular formula is C16H18N2O3S. The number of carbonyl (C=O) groups excluding carboxylic acids is 2. The van der Waals surface area contributed by atoms with Crippen LogP contribution >= 0.6 is 12.2 Å². The Morgan fingerprint density at radius 1 is 1.32 bits per heavy atom. The highest BCUT2D eigenvalue weighted by Gasteiger charge is 2.38. The predicted molar refractivity (Wildman–Crippen MR) is 86.8 cm³/mol. The largest absolute Gasteiger partial charge is 0.463 e. The van der Waals surface area contributed by atoms with Gasteiger partial charge in [0.1, 0.15) is 0 Å². The summed E-state index contributed by atoms with van der Waals surface area (Å²) in [5.41, 5.74) is 1.82. The molecule has 116 valence electrons. The van der Waals surface area contributed by atoms with Gasteiger partial charge < -0.3 is 10.1 Å². The van der Waals surface area contributed by atoms with Gasteiger partial charge in [-0.3, -0.25) is 9.69 Å². The number of esters is 1. The number of carbonyl (C=O) groups is 2. The highest BCUT2D eigenvalue weighted by molar-refractivity contribution is 7.80. The molecule has 0 spiro atoms. The van der Waals surface area contributed by atoms with Crippen LogP contribution < -0.4 is 5.32 Å². The summed E-state index contributed by atoms with van der Waals surface area (Å²) in [6.07, 6.45) is 0. The molecule has 1 amide bonds. The smallest absolute Gasteiger partial charge is 0.338 e. The van der Waals surface area contributed by atoms with Gasteiger partial charge in [-0.2, -0.15) is 0 Å². The van der Waals surface area contributed by atoms with E-state index >= 15 is 0 Å². The second kappa shape index (κ2) is 6.70. The predicted octanol–water partition coefficient (Wildman–Crippen LogP) is 2.30. The average Bonchev–Trinajstić information content (AvgIpc) is 2.47. The van der Waals surface area contributed by atoms with Gasteiger partial charge in [0, 0.05) is 12.6 Å². The minimum absolute atomic E-state index is 0.236. The van der Waals surface area contributed by atoms with E-state index in [9.17, 15) is 9.59 Å². The third-order valence-electron chi connectivity index (χ3n) is 3.40. The highest BCUT2D eigenvalue weighted by Crippen LogP contribution is 2.34. The zero-order valence-electron chi connectivity index (χ0n) is 12.8. The van der Waals surface area contributed by atoms with Crippen molar-refractivity contribution in [1.82, 2.24) is 10.2 Å². The summed E-state index contributed by atoms with van der Waals surface area (Å²) < 4.78 is 5.15. The van der Waals surface area contributed by atoms with E-state index in [1.54, 1.807) is 13.8 Å². The van der Waals surface area contributed by atoms with Crippen molar-refractivity contribution < 1.29 is 14.3 Å². The number of ether oxygens (including phenoxy) is 1. The minimum atomic E-state index is -0.577. The molecule has 0 bridgehead atoms. The Morgan fingerprint density at radius 3 is 2.50 bits per heavy atom. The molecule has 6 heteroatoms. The minimum Gasteiger partial charge on any atom is -0.463 e. The van der Waals surface area contributed by atoms with Crippen LogP contribution in [0.2, 0.25) is 0 Å². The third-order valence-corrected chi connectivity index (χ3v) is 3.70. The number of hydrogen-bond donors (Lipinski definition) is 1. The number of rotatable bonds is 3. The van der Waals surface area contributed by atoms with E-state index in [1.165, 1.54) is 11.8 Å². The lowest BCUT2D eigenvalue weighted by Crippen LogP contribution is -2.50. The lowest BCUT2D eigenvalue weighted by atomic mass is 9.94. The van der Waals surface area contributed by atoms with Crippen molar-refractivity contribution in [2.45, 2.75) is 26.8 Å². The third kappa shape index (κ3) is 3.01. The molecule has 1 atom stereocenters. The van der Waals surface area contributed by atoms with E-state index in [4.69, 9.17) is 17.0 Å². The van der Waals surface area contributed by atoms with E-state index in [0.29, 0.717) is 11.3 Å². The van der Waals surface area contributed by atoms with Crippen molar-refractivity contribution in [3.8, 4) is 0 Å². The van der Waals surface area contributed by atoms with Gasteiger partial charge in [-0.1, -0.05) is 30.3 Å². The first-order chi connectivity index (χ1) is 10.5. The second-order valence-corrected chi connectivity index (χ2v) is 5.28. The van der Waals surface area contributed by atoms with Gasteiger partial charge in [0.15, 0.2) is 5.11 Å². The quantitative estimate of drug-likeness (QED) is 0.684. The maximum absolute atomic E-state index is 12.4. The maximum Gasteiger partial charge on any atom is 0.338 e. The van der Waals surface area contributed by atoms with E-state index in [1.807, 2.05) is 30.3 Å². The number of nitrogens with one attached hydrogen (secondary N) is 1. The van der Waals surface area contributed by atoms with Crippen LogP contribution in [0.3, 0.4) is 0 Å². The molecule has 0 unspecified atom stereocenters. The lowest BCUT2D eigenvalue weighted by molar-refractivity contribution is -0.139. The summed E-state index contributed by atoms with van der Waals surface area (Å²) >= 11 is 5.27. The van der Waals surface area contributed by atoms with Crippen LogP contribution in [0, 0.1) is 0 Å². The summed E-state index contributed by atoms with van der Waals surface area (Å²) in [6.45, 7) is 5.19. The van der Waals surface area contributed by atoms with E-state index < -0.39 is 12.0 Å². The van der Waals surface area contributed by atoms with Crippen LogP contribution in [0.4, 0.5) is 0 Å². The van der Waals surface area contributed by atoms with Gasteiger partial charge in [0.05, 0.1) is 18.2 Å². The molecule has 0 aliphatic carbocycles. The Bertz CT molecular complexity index is 640. The fourth-order valence-corrected chi connectivity index (χ4v) is 2.88. The fraction of sp³-hybridized carbons (Fsp3) is 0.312. The number of nitrogens with zero attached hydrogens (tertiary/aromatic N) is 1. The zero-order valence-corrected chi connectivity index (χ0v) is 13.6. The summed E-state index contributed by atoms with van der Waals surface area (Å²) in [7, 11) is 0. The fourth-order valence-electron chi connectivity index (χ4n) is 2.49. The van der Waals surface area contributed by atoms with Gasteiger partial charge in [-0.15, -0.1) is 0 Å². The lowest BCUT2D eigenvalue weighted by Gasteiger charge is -2.37. The molecule has 2 rings (SSSR count). The van der Waals surface area contributed by atoms with Crippen LogP contribution in [0.5, 0.6) is 0 Å². The molecule has 1 aliphatic heterocycles. The Labute approximate surface area is 134 Å². The average molecular weight is 318 g/mol. The standard InChI is InChI=1S/C16H18N2O3S/c1-4-21-15(20)13-10(2)17-16(22)18(11(3)19)14(13)12-8-6-5-7-9-12/h5-9,14H,4H2,1-3H3,(H,17,22)/t14-/m1/s1. The Hall–Kier alpha value is -2.21. The molecule has 22 heavy (non-hydrogen) atoms. The van der Waals surface area contributed by atoms with Gasteiger partial charge >= 0.3 is 5.97 Å². The van der Waals surface area contributed by atoms with Crippen molar-refractivity contribution in [1.29, 1.82) is 0 Å². The molecule has 0 radical (unpaired) electrons. The molecule has 1 aromatic carbocycles. The first-order valence-corrected chi connectivity index (χ1v) is 7.41. The van der Waals surface area contributed by atoms with Crippen molar-refractivity contribution in [2.24, 2.45) is 0 Å². The zero-order chi connectivity index (χ0) is 16.3. The number of thiocarbonyl (C=S) groups is 1. The van der Waals surface area contributed by atoms with Gasteiger partial charge in [0.2, 0.25) is 5.91 Å². The molecule has 1 heterocycles. The number of benzene rings is 1. The highest BCUT2D eigenvalue weighted by atomic mass is 32.1. The summed E-state index contributed by atoms with van der Waals surface area (Å²) in [5.74, 6) is -0.684. The second-order valence-electron chi connectivity index (χ2n) is 4.89. The molecule has 0 saturated heterocycles. The maximum atomic E-state index is 12.4. The molecule has 0 saturated carbocycles. The molecule has 1 N–H and O–H groups in total. The first-order valence-electron chi connectivity index (χ1n) is 7.01. The van der Waals surface area contributed by atoms with Crippen molar-refractivity contribution >= 4 is 29.2 Å². The summed E-state index contributed by atoms with van der Waals surface area (Å²) in [6, 6.07) is 8.74. The van der Waals surface area contributed by atoms with E-state index in [2.05, 4.69) is 5.32 Å². The van der Waals surface area contributed by atoms with Crippen LogP contribution in [0.25, 0.3) is 0 Å². The topological polar surface area (TPSA) is 58.6 Å². The van der Waals surface area contributed by atoms with Crippen LogP contribution in [0.1, 0.15) is 32.4 Å². The number of allylic oxidation sites excluding steroid dienone is 1. The van der Waals surface area contributed by atoms with Gasteiger partial charge in [0.25, 0.3) is 0 Å². The van der Waals surface area contributed by atoms with Crippen molar-refractivity contribution in [3.63, 3.8) is 0 Å². The van der Waals surface area contributed by atoms with E-state index in [-0.39, 0.29) is 17.6 Å². The SMILES string of the molecule is CCOC(=O)C1=C(C)NC(=S)N(C(C)=O)[C@@H]1c1ccccc1.